The van der Waals surface area contributed by atoms with Crippen LogP contribution < -0.4 is 0 Å². The molecule has 32 heavy (non-hydrogen) atoms. The van der Waals surface area contributed by atoms with Crippen molar-refractivity contribution in [2.24, 2.45) is 5.92 Å². The van der Waals surface area contributed by atoms with E-state index in [2.05, 4.69) is 19.0 Å². The van der Waals surface area contributed by atoms with Crippen LogP contribution in [-0.4, -0.2) is 83.1 Å². The predicted octanol–water partition coefficient (Wildman–Crippen LogP) is 3.77. The van der Waals surface area contributed by atoms with Gasteiger partial charge in [0.05, 0.1) is 10.5 Å². The van der Waals surface area contributed by atoms with E-state index in [0.29, 0.717) is 31.1 Å². The van der Waals surface area contributed by atoms with Crippen molar-refractivity contribution >= 4 is 34.5 Å². The van der Waals surface area contributed by atoms with Gasteiger partial charge in [0.25, 0.3) is 5.91 Å². The highest BCUT2D eigenvalue weighted by atomic mass is 35.5. The standard InChI is InChI=1S/C24H31ClN4O3/c1-15-14-28(10-11-29(15)24(31)32)23(30)17-5-7-19-21(13-17)26-20-12-16(8-9-27(2)3)4-6-18(20)22(19)25/h5,7,13,15-16H,4,6,8-12,14H2,1-3H3,(H,31,32)/t15-,16?/m0/s1. The fraction of sp³-hybridized carbons (Fsp3) is 0.542. The zero-order valence-corrected chi connectivity index (χ0v) is 19.7. The van der Waals surface area contributed by atoms with Gasteiger partial charge < -0.3 is 19.8 Å². The summed E-state index contributed by atoms with van der Waals surface area (Å²) in [6.45, 7) is 3.98. The minimum Gasteiger partial charge on any atom is -0.465 e. The van der Waals surface area contributed by atoms with Gasteiger partial charge in [-0.2, -0.15) is 0 Å². The smallest absolute Gasteiger partial charge is 0.407 e. The molecule has 1 saturated heterocycles. The SMILES string of the molecule is C[C@H]1CN(C(=O)c2ccc3c(Cl)c4c(nc3c2)CC(CCN(C)C)CC4)CCN1C(=O)O. The lowest BCUT2D eigenvalue weighted by atomic mass is 9.84. The van der Waals surface area contributed by atoms with Gasteiger partial charge in [0, 0.05) is 42.3 Å². The first-order valence-electron chi connectivity index (χ1n) is 11.3. The van der Waals surface area contributed by atoms with Crippen molar-refractivity contribution in [3.8, 4) is 0 Å². The molecule has 4 rings (SSSR count). The fourth-order valence-corrected chi connectivity index (χ4v) is 5.25. The summed E-state index contributed by atoms with van der Waals surface area (Å²) in [5.74, 6) is 0.506. The van der Waals surface area contributed by atoms with Crippen molar-refractivity contribution in [2.45, 2.75) is 38.6 Å². The van der Waals surface area contributed by atoms with E-state index in [1.807, 2.05) is 25.1 Å². The molecule has 1 aliphatic heterocycles. The number of hydrogen-bond donors (Lipinski definition) is 1. The highest BCUT2D eigenvalue weighted by molar-refractivity contribution is 6.36. The Kier molecular flexibility index (Phi) is 6.58. The average molecular weight is 459 g/mol. The van der Waals surface area contributed by atoms with Crippen LogP contribution in [0.1, 0.15) is 41.4 Å². The molecule has 0 bridgehead atoms. The lowest BCUT2D eigenvalue weighted by molar-refractivity contribution is 0.0507. The maximum atomic E-state index is 13.1. The van der Waals surface area contributed by atoms with Crippen LogP contribution >= 0.6 is 11.6 Å². The second kappa shape index (κ2) is 9.24. The largest absolute Gasteiger partial charge is 0.465 e. The van der Waals surface area contributed by atoms with Gasteiger partial charge in [-0.25, -0.2) is 4.79 Å². The average Bonchev–Trinajstić information content (AvgIpc) is 2.76. The zero-order chi connectivity index (χ0) is 23.0. The van der Waals surface area contributed by atoms with Crippen LogP contribution in [0.25, 0.3) is 10.9 Å². The topological polar surface area (TPSA) is 77.0 Å². The first kappa shape index (κ1) is 22.8. The second-order valence-corrected chi connectivity index (χ2v) is 9.74. The normalized spacial score (nSPS) is 21.2. The van der Waals surface area contributed by atoms with Crippen LogP contribution in [0, 0.1) is 5.92 Å². The Morgan fingerprint density at radius 3 is 2.75 bits per heavy atom. The lowest BCUT2D eigenvalue weighted by Gasteiger charge is -2.38. The number of pyridine rings is 1. The highest BCUT2D eigenvalue weighted by Gasteiger charge is 2.30. The van der Waals surface area contributed by atoms with Crippen LogP contribution in [0.15, 0.2) is 18.2 Å². The molecule has 1 aromatic carbocycles. The summed E-state index contributed by atoms with van der Waals surface area (Å²) in [5.41, 5.74) is 3.53. The molecule has 0 radical (unpaired) electrons. The summed E-state index contributed by atoms with van der Waals surface area (Å²) in [7, 11) is 4.19. The number of piperazine rings is 1. The quantitative estimate of drug-likeness (QED) is 0.754. The Bertz CT molecular complexity index is 1040. The summed E-state index contributed by atoms with van der Waals surface area (Å²) in [4.78, 5) is 34.7. The van der Waals surface area contributed by atoms with Gasteiger partial charge in [-0.1, -0.05) is 17.7 Å². The minimum absolute atomic E-state index is 0.0942. The van der Waals surface area contributed by atoms with Crippen molar-refractivity contribution in [1.82, 2.24) is 19.7 Å². The molecule has 2 amide bonds. The van der Waals surface area contributed by atoms with Gasteiger partial charge >= 0.3 is 6.09 Å². The summed E-state index contributed by atoms with van der Waals surface area (Å²) in [6.07, 6.45) is 3.20. The Labute approximate surface area is 193 Å². The highest BCUT2D eigenvalue weighted by Crippen LogP contribution is 2.36. The second-order valence-electron chi connectivity index (χ2n) is 9.36. The zero-order valence-electron chi connectivity index (χ0n) is 19.0. The Hall–Kier alpha value is -2.38. The number of carbonyl (C=O) groups is 2. The number of benzene rings is 1. The van der Waals surface area contributed by atoms with E-state index in [1.165, 1.54) is 4.90 Å². The number of carboxylic acid groups (broad SMARTS) is 1. The summed E-state index contributed by atoms with van der Waals surface area (Å²) in [6, 6.07) is 5.31. The van der Waals surface area contributed by atoms with E-state index < -0.39 is 6.09 Å². The maximum Gasteiger partial charge on any atom is 0.407 e. The monoisotopic (exact) mass is 458 g/mol. The van der Waals surface area contributed by atoms with Gasteiger partial charge in [-0.15, -0.1) is 0 Å². The molecule has 0 spiro atoms. The molecule has 1 aliphatic carbocycles. The Morgan fingerprint density at radius 1 is 1.28 bits per heavy atom. The van der Waals surface area contributed by atoms with Gasteiger partial charge in [0.2, 0.25) is 0 Å². The van der Waals surface area contributed by atoms with E-state index in [9.17, 15) is 14.7 Å². The minimum atomic E-state index is -0.942. The molecule has 1 fully saturated rings. The molecule has 1 aromatic heterocycles. The first-order valence-corrected chi connectivity index (χ1v) is 11.7. The molecule has 2 atom stereocenters. The van der Waals surface area contributed by atoms with Crippen molar-refractivity contribution in [2.75, 3.05) is 40.3 Å². The third-order valence-electron chi connectivity index (χ3n) is 6.78. The van der Waals surface area contributed by atoms with Gasteiger partial charge in [0.1, 0.15) is 0 Å². The number of aromatic nitrogens is 1. The van der Waals surface area contributed by atoms with Crippen LogP contribution in [0.5, 0.6) is 0 Å². The first-order chi connectivity index (χ1) is 15.2. The Morgan fingerprint density at radius 2 is 2.06 bits per heavy atom. The molecule has 1 N–H and O–H groups in total. The van der Waals surface area contributed by atoms with E-state index in [-0.39, 0.29) is 11.9 Å². The molecule has 1 unspecified atom stereocenters. The molecule has 2 aromatic rings. The fourth-order valence-electron chi connectivity index (χ4n) is 4.89. The van der Waals surface area contributed by atoms with E-state index >= 15 is 0 Å². The number of fused-ring (bicyclic) bond motifs is 2. The molecular weight excluding hydrogens is 428 g/mol. The Balaban J connectivity index is 1.56. The molecular formula is C24H31ClN4O3. The number of halogens is 1. The molecule has 172 valence electrons. The predicted molar refractivity (Wildman–Crippen MR) is 126 cm³/mol. The van der Waals surface area contributed by atoms with Gasteiger partial charge in [0.15, 0.2) is 0 Å². The van der Waals surface area contributed by atoms with Crippen LogP contribution in [-0.2, 0) is 12.8 Å². The van der Waals surface area contributed by atoms with Crippen molar-refractivity contribution < 1.29 is 14.7 Å². The number of nitrogens with zero attached hydrogens (tertiary/aromatic N) is 4. The van der Waals surface area contributed by atoms with Crippen molar-refractivity contribution in [3.63, 3.8) is 0 Å². The number of rotatable bonds is 4. The summed E-state index contributed by atoms with van der Waals surface area (Å²) in [5, 5.41) is 10.9. The molecule has 8 heteroatoms. The lowest BCUT2D eigenvalue weighted by Crippen LogP contribution is -2.55. The van der Waals surface area contributed by atoms with Crippen molar-refractivity contribution in [1.29, 1.82) is 0 Å². The summed E-state index contributed by atoms with van der Waals surface area (Å²) >= 11 is 6.78. The number of carbonyl (C=O) groups excluding carboxylic acids is 1. The third-order valence-corrected chi connectivity index (χ3v) is 7.21. The third kappa shape index (κ3) is 4.55. The van der Waals surface area contributed by atoms with E-state index in [0.717, 1.165) is 59.4 Å². The summed E-state index contributed by atoms with van der Waals surface area (Å²) < 4.78 is 0. The molecule has 2 aliphatic rings. The van der Waals surface area contributed by atoms with Crippen LogP contribution in [0.3, 0.4) is 0 Å². The van der Waals surface area contributed by atoms with Crippen LogP contribution in [0.2, 0.25) is 5.02 Å². The number of hydrogen-bond acceptors (Lipinski definition) is 4. The maximum absolute atomic E-state index is 13.1. The van der Waals surface area contributed by atoms with E-state index in [1.54, 1.807) is 4.90 Å². The van der Waals surface area contributed by atoms with E-state index in [4.69, 9.17) is 16.6 Å². The van der Waals surface area contributed by atoms with Gasteiger partial charge in [-0.3, -0.25) is 9.78 Å². The van der Waals surface area contributed by atoms with Crippen LogP contribution in [0.4, 0.5) is 4.79 Å². The van der Waals surface area contributed by atoms with Crippen molar-refractivity contribution in [3.05, 3.63) is 40.0 Å². The molecule has 7 nitrogen and oxygen atoms in total. The number of amides is 2. The van der Waals surface area contributed by atoms with Gasteiger partial charge in [-0.05, 0) is 76.9 Å². The molecule has 2 heterocycles. The molecule has 0 saturated carbocycles.